The van der Waals surface area contributed by atoms with Crippen molar-refractivity contribution in [1.29, 1.82) is 0 Å². The normalized spacial score (nSPS) is 16.0. The Morgan fingerprint density at radius 1 is 1.09 bits per heavy atom. The fraction of sp³-hybridized carbons (Fsp3) is 0.609. The van der Waals surface area contributed by atoms with Crippen molar-refractivity contribution in [2.45, 2.75) is 44.9 Å². The van der Waals surface area contributed by atoms with Crippen LogP contribution in [-0.2, 0) is 29.9 Å². The monoisotopic (exact) mass is 515 g/mol. The minimum absolute atomic E-state index is 0.0904. The van der Waals surface area contributed by atoms with Crippen LogP contribution < -0.4 is 4.72 Å². The molecule has 0 atom stereocenters. The molecule has 1 N–H and O–H groups in total. The van der Waals surface area contributed by atoms with Gasteiger partial charge in [0, 0.05) is 33.2 Å². The number of benzene rings is 1. The van der Waals surface area contributed by atoms with Crippen molar-refractivity contribution >= 4 is 38.9 Å². The lowest BCUT2D eigenvalue weighted by Gasteiger charge is -2.32. The molecule has 0 bridgehead atoms. The molecule has 0 amide bonds. The fourth-order valence-electron chi connectivity index (χ4n) is 4.12. The maximum absolute atomic E-state index is 13.3. The number of anilines is 1. The zero-order valence-corrected chi connectivity index (χ0v) is 22.5. The molecule has 1 aliphatic rings. The van der Waals surface area contributed by atoms with Crippen LogP contribution in [0.5, 0.6) is 0 Å². The minimum Gasteiger partial charge on any atom is -0.304 e. The van der Waals surface area contributed by atoms with E-state index in [1.807, 2.05) is 6.92 Å². The molecule has 10 heteroatoms. The number of aromatic nitrogens is 2. The van der Waals surface area contributed by atoms with Crippen LogP contribution in [0, 0.1) is 12.8 Å². The van der Waals surface area contributed by atoms with Crippen LogP contribution in [0.25, 0.3) is 0 Å². The van der Waals surface area contributed by atoms with Gasteiger partial charge in [-0.05, 0) is 63.4 Å². The first kappa shape index (κ1) is 26.3. The highest BCUT2D eigenvalue weighted by Crippen LogP contribution is 2.34. The average Bonchev–Trinajstić information content (AvgIpc) is 2.95. The third-order valence-electron chi connectivity index (χ3n) is 6.11. The van der Waals surface area contributed by atoms with Gasteiger partial charge in [-0.3, -0.25) is 9.40 Å². The van der Waals surface area contributed by atoms with Crippen molar-refractivity contribution in [2.24, 2.45) is 13.0 Å². The minimum atomic E-state index is -3.98. The molecular weight excluding hydrogens is 481 g/mol. The number of likely N-dealkylation sites (N-methyl/N-ethyl adjacent to an activating group) is 1. The second kappa shape index (κ2) is 11.0. The van der Waals surface area contributed by atoms with Crippen molar-refractivity contribution < 1.29 is 8.42 Å². The summed E-state index contributed by atoms with van der Waals surface area (Å²) in [6, 6.07) is 3.44. The first-order chi connectivity index (χ1) is 15.5. The van der Waals surface area contributed by atoms with Crippen LogP contribution >= 0.6 is 23.2 Å². The molecule has 1 aromatic heterocycles. The highest BCUT2D eigenvalue weighted by molar-refractivity contribution is 7.93. The van der Waals surface area contributed by atoms with E-state index in [-0.39, 0.29) is 14.9 Å². The van der Waals surface area contributed by atoms with Crippen molar-refractivity contribution in [1.82, 2.24) is 19.6 Å². The molecule has 0 unspecified atom stereocenters. The number of hydrogen-bond donors (Lipinski definition) is 1. The summed E-state index contributed by atoms with van der Waals surface area (Å²) in [6.07, 6.45) is 2.42. The van der Waals surface area contributed by atoms with Crippen LogP contribution in [0.2, 0.25) is 10.0 Å². The van der Waals surface area contributed by atoms with Crippen molar-refractivity contribution in [3.05, 3.63) is 39.1 Å². The Bertz CT molecular complexity index is 1050. The van der Waals surface area contributed by atoms with Crippen molar-refractivity contribution in [3.8, 4) is 0 Å². The molecule has 1 aliphatic heterocycles. The zero-order chi connectivity index (χ0) is 24.3. The molecule has 3 rings (SSSR count). The largest absolute Gasteiger partial charge is 0.304 e. The van der Waals surface area contributed by atoms with Gasteiger partial charge in [0.05, 0.1) is 27.1 Å². The van der Waals surface area contributed by atoms with Crippen molar-refractivity contribution in [2.75, 3.05) is 44.5 Å². The Morgan fingerprint density at radius 2 is 1.70 bits per heavy atom. The maximum atomic E-state index is 13.3. The number of sulfonamides is 1. The number of hydrogen-bond acceptors (Lipinski definition) is 5. The molecular formula is C23H35Cl2N5O2S. The lowest BCUT2D eigenvalue weighted by Crippen LogP contribution is -2.44. The Balaban J connectivity index is 1.74. The van der Waals surface area contributed by atoms with E-state index in [9.17, 15) is 8.42 Å². The molecule has 0 saturated carbocycles. The molecule has 2 aromatic rings. The third kappa shape index (κ3) is 6.63. The van der Waals surface area contributed by atoms with Crippen LogP contribution in [0.4, 0.5) is 5.69 Å². The fourth-order valence-corrected chi connectivity index (χ4v) is 6.53. The molecule has 0 spiro atoms. The van der Waals surface area contributed by atoms with Gasteiger partial charge < -0.3 is 9.80 Å². The number of halogens is 2. The number of nitrogens with zero attached hydrogens (tertiary/aromatic N) is 4. The molecule has 0 radical (unpaired) electrons. The molecule has 7 nitrogen and oxygen atoms in total. The maximum Gasteiger partial charge on any atom is 0.264 e. The SMILES string of the molecule is Cc1c(NS(=O)(=O)c2c(Cl)cc(CCCN3CCN(C)CC3)cc2Cl)c(CC(C)C)nn1C. The van der Waals surface area contributed by atoms with Gasteiger partial charge in [-0.1, -0.05) is 37.0 Å². The summed E-state index contributed by atoms with van der Waals surface area (Å²) in [4.78, 5) is 4.70. The zero-order valence-electron chi connectivity index (χ0n) is 20.2. The number of piperazine rings is 1. The van der Waals surface area contributed by atoms with Crippen LogP contribution in [0.1, 0.15) is 37.2 Å². The van der Waals surface area contributed by atoms with E-state index < -0.39 is 10.0 Å². The Morgan fingerprint density at radius 3 is 2.27 bits per heavy atom. The van der Waals surface area contributed by atoms with Gasteiger partial charge in [0.25, 0.3) is 10.0 Å². The first-order valence-corrected chi connectivity index (χ1v) is 13.7. The number of aryl methyl sites for hydroxylation is 2. The summed E-state index contributed by atoms with van der Waals surface area (Å²) >= 11 is 12.9. The predicted octanol–water partition coefficient (Wildman–Crippen LogP) is 4.21. The van der Waals surface area contributed by atoms with E-state index >= 15 is 0 Å². The Hall–Kier alpha value is -1.32. The van der Waals surface area contributed by atoms with Crippen molar-refractivity contribution in [3.63, 3.8) is 0 Å². The summed E-state index contributed by atoms with van der Waals surface area (Å²) < 4.78 is 30.9. The molecule has 1 fully saturated rings. The summed E-state index contributed by atoms with van der Waals surface area (Å²) in [5, 5.41) is 4.75. The molecule has 184 valence electrons. The highest BCUT2D eigenvalue weighted by atomic mass is 35.5. The lowest BCUT2D eigenvalue weighted by molar-refractivity contribution is 0.153. The predicted molar refractivity (Wildman–Crippen MR) is 136 cm³/mol. The van der Waals surface area contributed by atoms with Gasteiger partial charge in [0.15, 0.2) is 0 Å². The molecule has 1 aromatic carbocycles. The van der Waals surface area contributed by atoms with E-state index in [1.165, 1.54) is 0 Å². The topological polar surface area (TPSA) is 70.5 Å². The van der Waals surface area contributed by atoms with E-state index in [2.05, 4.69) is 40.5 Å². The number of nitrogens with one attached hydrogen (secondary N) is 1. The highest BCUT2D eigenvalue weighted by Gasteiger charge is 2.26. The number of rotatable bonds is 9. The molecule has 1 saturated heterocycles. The van der Waals surface area contributed by atoms with Gasteiger partial charge in [-0.2, -0.15) is 5.10 Å². The molecule has 2 heterocycles. The summed E-state index contributed by atoms with van der Waals surface area (Å²) in [6.45, 7) is 11.3. The third-order valence-corrected chi connectivity index (χ3v) is 8.38. The summed E-state index contributed by atoms with van der Waals surface area (Å²) in [7, 11) is -0.0370. The lowest BCUT2D eigenvalue weighted by atomic mass is 10.1. The smallest absolute Gasteiger partial charge is 0.264 e. The van der Waals surface area contributed by atoms with Crippen LogP contribution in [-0.4, -0.2) is 67.8 Å². The second-order valence-electron chi connectivity index (χ2n) is 9.37. The Labute approximate surface area is 208 Å². The quantitative estimate of drug-likeness (QED) is 0.541. The van der Waals surface area contributed by atoms with Crippen LogP contribution in [0.3, 0.4) is 0 Å². The molecule has 0 aliphatic carbocycles. The second-order valence-corrected chi connectivity index (χ2v) is 11.8. The standard InChI is InChI=1S/C23H35Cl2N5O2S/c1-16(2)13-21-22(17(3)29(5)26-21)27-33(31,32)23-19(24)14-18(15-20(23)25)7-6-8-30-11-9-28(4)10-12-30/h14-16,27H,6-13H2,1-5H3. The Kier molecular flexibility index (Phi) is 8.72. The summed E-state index contributed by atoms with van der Waals surface area (Å²) in [5.74, 6) is 0.333. The van der Waals surface area contributed by atoms with E-state index in [1.54, 1.807) is 23.9 Å². The van der Waals surface area contributed by atoms with Gasteiger partial charge in [-0.15, -0.1) is 0 Å². The first-order valence-electron chi connectivity index (χ1n) is 11.4. The van der Waals surface area contributed by atoms with Gasteiger partial charge >= 0.3 is 0 Å². The van der Waals surface area contributed by atoms with Gasteiger partial charge in [0.1, 0.15) is 4.90 Å². The molecule has 33 heavy (non-hydrogen) atoms. The van der Waals surface area contributed by atoms with E-state index in [4.69, 9.17) is 23.2 Å². The van der Waals surface area contributed by atoms with Gasteiger partial charge in [0.2, 0.25) is 0 Å². The van der Waals surface area contributed by atoms with Crippen LogP contribution in [0.15, 0.2) is 17.0 Å². The van der Waals surface area contributed by atoms with E-state index in [0.29, 0.717) is 23.7 Å². The average molecular weight is 517 g/mol. The van der Waals surface area contributed by atoms with E-state index in [0.717, 1.165) is 56.8 Å². The summed E-state index contributed by atoms with van der Waals surface area (Å²) in [5.41, 5.74) is 2.88. The van der Waals surface area contributed by atoms with Gasteiger partial charge in [-0.25, -0.2) is 8.42 Å².